The Bertz CT molecular complexity index is 1700. The monoisotopic (exact) mass is 560 g/mol. The molecule has 4 bridgehead atoms. The number of likely N-dealkylation sites (N-methyl/N-ethyl adjacent to an activating group) is 1. The first-order valence-electron chi connectivity index (χ1n) is 13.6. The maximum atomic E-state index is 13.5. The first-order valence-corrected chi connectivity index (χ1v) is 15.0. The SMILES string of the molecule is COc1ccc2c(c1)C=C1Cn3c-2c(C2CCCCC2)c2ccc(cc23)C(=O)NS(=O)(=O)N(C)C/C=C/NC1=O. The highest BCUT2D eigenvalue weighted by Crippen LogP contribution is 2.47. The highest BCUT2D eigenvalue weighted by molar-refractivity contribution is 7.87. The second-order valence-corrected chi connectivity index (χ2v) is 12.4. The Kier molecular flexibility index (Phi) is 6.75. The molecule has 2 amide bonds. The van der Waals surface area contributed by atoms with Gasteiger partial charge in [0.15, 0.2) is 0 Å². The molecule has 0 saturated heterocycles. The molecule has 40 heavy (non-hydrogen) atoms. The molecule has 3 heterocycles. The average Bonchev–Trinajstić information content (AvgIpc) is 3.16. The Labute approximate surface area is 233 Å². The number of benzene rings is 2. The minimum Gasteiger partial charge on any atom is -0.497 e. The minimum absolute atomic E-state index is 0.0318. The summed E-state index contributed by atoms with van der Waals surface area (Å²) < 4.78 is 36.4. The first kappa shape index (κ1) is 26.3. The van der Waals surface area contributed by atoms with E-state index >= 15 is 0 Å². The number of nitrogens with one attached hydrogen (secondary N) is 2. The number of rotatable bonds is 2. The predicted molar refractivity (Wildman–Crippen MR) is 154 cm³/mol. The van der Waals surface area contributed by atoms with Crippen LogP contribution in [0.3, 0.4) is 0 Å². The van der Waals surface area contributed by atoms with Crippen molar-refractivity contribution in [3.8, 4) is 17.0 Å². The van der Waals surface area contributed by atoms with E-state index in [4.69, 9.17) is 4.74 Å². The normalized spacial score (nSPS) is 20.6. The van der Waals surface area contributed by atoms with E-state index in [1.807, 2.05) is 30.3 Å². The van der Waals surface area contributed by atoms with Gasteiger partial charge in [0.25, 0.3) is 11.8 Å². The maximum absolute atomic E-state index is 13.5. The van der Waals surface area contributed by atoms with Gasteiger partial charge in [-0.15, -0.1) is 0 Å². The lowest BCUT2D eigenvalue weighted by atomic mass is 9.81. The zero-order valence-electron chi connectivity index (χ0n) is 22.6. The Morgan fingerprint density at radius 3 is 2.58 bits per heavy atom. The van der Waals surface area contributed by atoms with Crippen molar-refractivity contribution in [2.45, 2.75) is 44.6 Å². The lowest BCUT2D eigenvalue weighted by Crippen LogP contribution is -2.41. The van der Waals surface area contributed by atoms with E-state index < -0.39 is 16.1 Å². The molecule has 1 aromatic heterocycles. The summed E-state index contributed by atoms with van der Waals surface area (Å²) in [5.41, 5.74) is 5.70. The molecule has 2 aromatic carbocycles. The summed E-state index contributed by atoms with van der Waals surface area (Å²) >= 11 is 0. The van der Waals surface area contributed by atoms with Crippen LogP contribution in [0.5, 0.6) is 5.75 Å². The molecular weight excluding hydrogens is 528 g/mol. The average molecular weight is 561 g/mol. The zero-order valence-corrected chi connectivity index (χ0v) is 23.4. The van der Waals surface area contributed by atoms with Crippen molar-refractivity contribution in [2.75, 3.05) is 20.7 Å². The molecule has 0 radical (unpaired) electrons. The number of amides is 2. The number of aromatic nitrogens is 1. The number of hydrogen-bond donors (Lipinski definition) is 2. The minimum atomic E-state index is -4.09. The zero-order chi connectivity index (χ0) is 28.0. The van der Waals surface area contributed by atoms with Crippen LogP contribution >= 0.6 is 0 Å². The number of ether oxygens (including phenoxy) is 1. The van der Waals surface area contributed by atoms with Gasteiger partial charge in [-0.25, -0.2) is 4.72 Å². The van der Waals surface area contributed by atoms with Crippen LogP contribution in [-0.2, 0) is 21.5 Å². The molecule has 3 aromatic rings. The largest absolute Gasteiger partial charge is 0.497 e. The van der Waals surface area contributed by atoms with Crippen LogP contribution in [0.25, 0.3) is 28.2 Å². The molecule has 0 unspecified atom stereocenters. The van der Waals surface area contributed by atoms with Gasteiger partial charge in [-0.3, -0.25) is 9.59 Å². The summed E-state index contributed by atoms with van der Waals surface area (Å²) in [5.74, 6) is 0.0413. The summed E-state index contributed by atoms with van der Waals surface area (Å²) in [6, 6.07) is 11.3. The summed E-state index contributed by atoms with van der Waals surface area (Å²) in [7, 11) is -1.10. The van der Waals surface area contributed by atoms with Crippen molar-refractivity contribution in [1.29, 1.82) is 0 Å². The van der Waals surface area contributed by atoms with Gasteiger partial charge in [0.1, 0.15) is 5.75 Å². The molecule has 1 aliphatic carbocycles. The molecule has 6 rings (SSSR count). The number of nitrogens with zero attached hydrogens (tertiary/aromatic N) is 2. The van der Waals surface area contributed by atoms with Crippen LogP contribution in [0.4, 0.5) is 0 Å². The summed E-state index contributed by atoms with van der Waals surface area (Å²) in [6.45, 7) is 0.258. The quantitative estimate of drug-likeness (QED) is 0.486. The second-order valence-electron chi connectivity index (χ2n) is 10.6. The molecule has 2 aliphatic heterocycles. The predicted octanol–water partition coefficient (Wildman–Crippen LogP) is 4.31. The van der Waals surface area contributed by atoms with Crippen molar-refractivity contribution in [3.63, 3.8) is 0 Å². The van der Waals surface area contributed by atoms with Crippen molar-refractivity contribution in [2.24, 2.45) is 0 Å². The number of carbonyl (C=O) groups excluding carboxylic acids is 2. The van der Waals surface area contributed by atoms with Gasteiger partial charge < -0.3 is 14.6 Å². The number of carbonyl (C=O) groups is 2. The van der Waals surface area contributed by atoms with E-state index in [1.165, 1.54) is 31.3 Å². The highest BCUT2D eigenvalue weighted by Gasteiger charge is 2.31. The number of fused-ring (bicyclic) bond motifs is 4. The Balaban J connectivity index is 1.65. The Morgan fingerprint density at radius 2 is 1.80 bits per heavy atom. The van der Waals surface area contributed by atoms with Crippen molar-refractivity contribution in [1.82, 2.24) is 18.9 Å². The van der Waals surface area contributed by atoms with Gasteiger partial charge in [0.05, 0.1) is 19.3 Å². The maximum Gasteiger partial charge on any atom is 0.304 e. The summed E-state index contributed by atoms with van der Waals surface area (Å²) in [5, 5.41) is 3.81. The van der Waals surface area contributed by atoms with Gasteiger partial charge in [0.2, 0.25) is 0 Å². The van der Waals surface area contributed by atoms with Gasteiger partial charge in [-0.1, -0.05) is 31.4 Å². The van der Waals surface area contributed by atoms with E-state index in [0.717, 1.165) is 57.7 Å². The summed E-state index contributed by atoms with van der Waals surface area (Å²) in [6.07, 6.45) is 10.5. The second kappa shape index (κ2) is 10.3. The topological polar surface area (TPSA) is 110 Å². The van der Waals surface area contributed by atoms with Gasteiger partial charge >= 0.3 is 10.2 Å². The standard InChI is InChI=1S/C30H32N4O5S/c1-33-14-6-13-31-29(35)22-15-21-16-23(39-2)10-12-24(21)28-27(19-7-4-3-5-8-19)25-11-9-20(17-26(25)34(28)18-22)30(36)32-40(33,37)38/h6,9-13,15-17,19H,3-5,7-8,14,18H2,1-2H3,(H,31,35)(H,32,36)/b13-6+. The molecular formula is C30H32N4O5S. The van der Waals surface area contributed by atoms with Crippen LogP contribution in [0.15, 0.2) is 54.2 Å². The molecule has 1 saturated carbocycles. The lowest BCUT2D eigenvalue weighted by molar-refractivity contribution is -0.116. The van der Waals surface area contributed by atoms with Crippen LogP contribution in [0, 0.1) is 0 Å². The van der Waals surface area contributed by atoms with E-state index in [9.17, 15) is 18.0 Å². The van der Waals surface area contributed by atoms with Crippen molar-refractivity contribution < 1.29 is 22.7 Å². The molecule has 208 valence electrons. The fraction of sp³-hybridized carbons (Fsp3) is 0.333. The third-order valence-electron chi connectivity index (χ3n) is 8.17. The van der Waals surface area contributed by atoms with Crippen molar-refractivity contribution in [3.05, 3.63) is 70.9 Å². The third kappa shape index (κ3) is 4.61. The smallest absolute Gasteiger partial charge is 0.304 e. The van der Waals surface area contributed by atoms with Crippen LogP contribution < -0.4 is 14.8 Å². The Hall–Kier alpha value is -3.89. The highest BCUT2D eigenvalue weighted by atomic mass is 32.2. The van der Waals surface area contributed by atoms with Gasteiger partial charge in [0, 0.05) is 47.4 Å². The number of hydrogen-bond acceptors (Lipinski definition) is 5. The number of methoxy groups -OCH3 is 1. The van der Waals surface area contributed by atoms with E-state index in [1.54, 1.807) is 19.2 Å². The molecule has 10 heteroatoms. The molecule has 9 nitrogen and oxygen atoms in total. The van der Waals surface area contributed by atoms with Crippen LogP contribution in [0.2, 0.25) is 0 Å². The van der Waals surface area contributed by atoms with Crippen LogP contribution in [-0.4, -0.2) is 49.8 Å². The molecule has 2 N–H and O–H groups in total. The third-order valence-corrected chi connectivity index (χ3v) is 9.58. The fourth-order valence-corrected chi connectivity index (χ4v) is 6.89. The van der Waals surface area contributed by atoms with Crippen molar-refractivity contribution >= 4 is 39.0 Å². The molecule has 0 spiro atoms. The first-order chi connectivity index (χ1) is 19.3. The molecule has 0 atom stereocenters. The molecule has 3 aliphatic rings. The van der Waals surface area contributed by atoms with Gasteiger partial charge in [-0.2, -0.15) is 12.7 Å². The Morgan fingerprint density at radius 1 is 1.00 bits per heavy atom. The van der Waals surface area contributed by atoms with E-state index in [0.29, 0.717) is 23.8 Å². The lowest BCUT2D eigenvalue weighted by Gasteiger charge is -2.24. The summed E-state index contributed by atoms with van der Waals surface area (Å²) in [4.78, 5) is 26.7. The van der Waals surface area contributed by atoms with Crippen LogP contribution in [0.1, 0.15) is 59.5 Å². The van der Waals surface area contributed by atoms with Gasteiger partial charge in [-0.05, 0) is 66.3 Å². The molecule has 1 fully saturated rings. The van der Waals surface area contributed by atoms with E-state index in [2.05, 4.69) is 14.6 Å². The van der Waals surface area contributed by atoms with E-state index in [-0.39, 0.29) is 18.0 Å². The fourth-order valence-electron chi connectivity index (χ4n) is 6.10.